The van der Waals surface area contributed by atoms with Gasteiger partial charge in [0, 0.05) is 11.4 Å². The van der Waals surface area contributed by atoms with Crippen molar-refractivity contribution in [3.63, 3.8) is 0 Å². The summed E-state index contributed by atoms with van der Waals surface area (Å²) in [4.78, 5) is 28.2. The number of benzene rings is 1. The van der Waals surface area contributed by atoms with Gasteiger partial charge in [-0.25, -0.2) is 4.98 Å². The number of nitrogens with one attached hydrogen (secondary N) is 2. The maximum absolute atomic E-state index is 12.2. The first kappa shape index (κ1) is 14.7. The van der Waals surface area contributed by atoms with Gasteiger partial charge in [-0.3, -0.25) is 9.59 Å². The zero-order chi connectivity index (χ0) is 15.5. The summed E-state index contributed by atoms with van der Waals surface area (Å²) in [5, 5.41) is 7.71. The third-order valence-electron chi connectivity index (χ3n) is 3.49. The SMILES string of the molecule is CC(NC(=O)c1csc(C(=O)NC2CC2)n1)c1ccccc1. The second kappa shape index (κ2) is 6.27. The first-order valence-corrected chi connectivity index (χ1v) is 8.13. The zero-order valence-electron chi connectivity index (χ0n) is 12.2. The third kappa shape index (κ3) is 3.51. The normalized spacial score (nSPS) is 15.1. The Kier molecular flexibility index (Phi) is 4.20. The van der Waals surface area contributed by atoms with Crippen LogP contribution in [0.5, 0.6) is 0 Å². The summed E-state index contributed by atoms with van der Waals surface area (Å²) in [6, 6.07) is 9.89. The van der Waals surface area contributed by atoms with Crippen LogP contribution in [0, 0.1) is 0 Å². The molecule has 1 aromatic carbocycles. The highest BCUT2D eigenvalue weighted by Gasteiger charge is 2.25. The van der Waals surface area contributed by atoms with Gasteiger partial charge in [0.2, 0.25) is 0 Å². The number of hydrogen-bond donors (Lipinski definition) is 2. The molecule has 6 heteroatoms. The van der Waals surface area contributed by atoms with Crippen molar-refractivity contribution in [3.8, 4) is 0 Å². The smallest absolute Gasteiger partial charge is 0.280 e. The number of carbonyl (C=O) groups excluding carboxylic acids is 2. The summed E-state index contributed by atoms with van der Waals surface area (Å²) < 4.78 is 0. The fraction of sp³-hybridized carbons (Fsp3) is 0.312. The number of rotatable bonds is 5. The van der Waals surface area contributed by atoms with Crippen LogP contribution in [-0.4, -0.2) is 22.8 Å². The molecule has 1 atom stereocenters. The van der Waals surface area contributed by atoms with E-state index in [2.05, 4.69) is 15.6 Å². The van der Waals surface area contributed by atoms with Gasteiger partial charge in [0.25, 0.3) is 11.8 Å². The predicted octanol–water partition coefficient (Wildman–Crippen LogP) is 2.53. The first-order valence-electron chi connectivity index (χ1n) is 7.25. The van der Waals surface area contributed by atoms with Crippen LogP contribution in [0.25, 0.3) is 0 Å². The third-order valence-corrected chi connectivity index (χ3v) is 4.33. The number of nitrogens with zero attached hydrogens (tertiary/aromatic N) is 1. The topological polar surface area (TPSA) is 71.1 Å². The molecular weight excluding hydrogens is 298 g/mol. The molecule has 1 aromatic heterocycles. The van der Waals surface area contributed by atoms with Crippen molar-refractivity contribution >= 4 is 23.2 Å². The van der Waals surface area contributed by atoms with Gasteiger partial charge in [0.1, 0.15) is 5.69 Å². The van der Waals surface area contributed by atoms with E-state index in [-0.39, 0.29) is 29.6 Å². The molecule has 3 rings (SSSR count). The first-order chi connectivity index (χ1) is 10.6. The summed E-state index contributed by atoms with van der Waals surface area (Å²) in [5.74, 6) is -0.458. The van der Waals surface area contributed by atoms with Gasteiger partial charge in [-0.05, 0) is 25.3 Å². The number of hydrogen-bond acceptors (Lipinski definition) is 4. The largest absolute Gasteiger partial charge is 0.347 e. The molecule has 1 saturated carbocycles. The molecule has 0 aliphatic heterocycles. The lowest BCUT2D eigenvalue weighted by Crippen LogP contribution is -2.28. The Morgan fingerprint density at radius 1 is 1.23 bits per heavy atom. The predicted molar refractivity (Wildman–Crippen MR) is 84.9 cm³/mol. The summed E-state index contributed by atoms with van der Waals surface area (Å²) in [7, 11) is 0. The van der Waals surface area contributed by atoms with E-state index in [0.717, 1.165) is 18.4 Å². The van der Waals surface area contributed by atoms with Crippen LogP contribution in [0.1, 0.15) is 51.7 Å². The standard InChI is InChI=1S/C16H17N3O2S/c1-10(11-5-3-2-4-6-11)17-14(20)13-9-22-16(19-13)15(21)18-12-7-8-12/h2-6,9-10,12H,7-8H2,1H3,(H,17,20)(H,18,21). The lowest BCUT2D eigenvalue weighted by molar-refractivity contribution is 0.0935. The van der Waals surface area contributed by atoms with E-state index in [1.54, 1.807) is 5.38 Å². The van der Waals surface area contributed by atoms with Gasteiger partial charge in [0.15, 0.2) is 5.01 Å². The van der Waals surface area contributed by atoms with Crippen LogP contribution in [-0.2, 0) is 0 Å². The van der Waals surface area contributed by atoms with Crippen LogP contribution in [0.3, 0.4) is 0 Å². The van der Waals surface area contributed by atoms with Crippen LogP contribution in [0.2, 0.25) is 0 Å². The fourth-order valence-corrected chi connectivity index (χ4v) is 2.75. The Bertz CT molecular complexity index is 680. The van der Waals surface area contributed by atoms with Crippen LogP contribution >= 0.6 is 11.3 Å². The molecule has 1 heterocycles. The molecule has 0 spiro atoms. The Hall–Kier alpha value is -2.21. The Balaban J connectivity index is 1.62. The van der Waals surface area contributed by atoms with Crippen LogP contribution in [0.4, 0.5) is 0 Å². The van der Waals surface area contributed by atoms with Gasteiger partial charge in [0.05, 0.1) is 6.04 Å². The molecule has 1 unspecified atom stereocenters. The molecule has 0 bridgehead atoms. The Labute approximate surface area is 132 Å². The minimum absolute atomic E-state index is 0.112. The average Bonchev–Trinajstić information content (AvgIpc) is 3.19. The molecule has 2 N–H and O–H groups in total. The maximum atomic E-state index is 12.2. The average molecular weight is 315 g/mol. The molecule has 2 aromatic rings. The lowest BCUT2D eigenvalue weighted by Gasteiger charge is -2.13. The molecule has 1 aliphatic rings. The molecule has 114 valence electrons. The molecule has 1 fully saturated rings. The van der Waals surface area contributed by atoms with Gasteiger partial charge in [-0.2, -0.15) is 0 Å². The fourth-order valence-electron chi connectivity index (χ4n) is 2.05. The van der Waals surface area contributed by atoms with E-state index in [1.807, 2.05) is 37.3 Å². The highest BCUT2D eigenvalue weighted by molar-refractivity contribution is 7.11. The van der Waals surface area contributed by atoms with Crippen molar-refractivity contribution in [2.24, 2.45) is 0 Å². The van der Waals surface area contributed by atoms with E-state index < -0.39 is 0 Å². The monoisotopic (exact) mass is 315 g/mol. The summed E-state index contributed by atoms with van der Waals surface area (Å²) in [6.07, 6.45) is 2.05. The number of aromatic nitrogens is 1. The van der Waals surface area contributed by atoms with E-state index >= 15 is 0 Å². The Morgan fingerprint density at radius 3 is 2.64 bits per heavy atom. The molecule has 5 nitrogen and oxygen atoms in total. The minimum Gasteiger partial charge on any atom is -0.347 e. The second-order valence-electron chi connectivity index (χ2n) is 5.39. The van der Waals surface area contributed by atoms with E-state index in [0.29, 0.717) is 5.01 Å². The molecule has 1 aliphatic carbocycles. The highest BCUT2D eigenvalue weighted by atomic mass is 32.1. The van der Waals surface area contributed by atoms with Crippen LogP contribution in [0.15, 0.2) is 35.7 Å². The van der Waals surface area contributed by atoms with E-state index in [4.69, 9.17) is 0 Å². The van der Waals surface area contributed by atoms with Crippen molar-refractivity contribution in [3.05, 3.63) is 52.0 Å². The lowest BCUT2D eigenvalue weighted by atomic mass is 10.1. The van der Waals surface area contributed by atoms with Crippen molar-refractivity contribution < 1.29 is 9.59 Å². The van der Waals surface area contributed by atoms with E-state index in [9.17, 15) is 9.59 Å². The molecule has 0 saturated heterocycles. The summed E-state index contributed by atoms with van der Waals surface area (Å²) >= 11 is 1.19. The van der Waals surface area contributed by atoms with Crippen LogP contribution < -0.4 is 10.6 Å². The number of carbonyl (C=O) groups is 2. The van der Waals surface area contributed by atoms with Crippen molar-refractivity contribution in [1.29, 1.82) is 0 Å². The van der Waals surface area contributed by atoms with Crippen molar-refractivity contribution in [1.82, 2.24) is 15.6 Å². The maximum Gasteiger partial charge on any atom is 0.280 e. The highest BCUT2D eigenvalue weighted by Crippen LogP contribution is 2.20. The summed E-state index contributed by atoms with van der Waals surface area (Å²) in [6.45, 7) is 1.92. The molecule has 0 radical (unpaired) electrons. The van der Waals surface area contributed by atoms with Crippen molar-refractivity contribution in [2.75, 3.05) is 0 Å². The Morgan fingerprint density at radius 2 is 1.95 bits per heavy atom. The molecular formula is C16H17N3O2S. The molecule has 2 amide bonds. The second-order valence-corrected chi connectivity index (χ2v) is 6.25. The van der Waals surface area contributed by atoms with Gasteiger partial charge in [-0.15, -0.1) is 11.3 Å². The zero-order valence-corrected chi connectivity index (χ0v) is 13.0. The van der Waals surface area contributed by atoms with E-state index in [1.165, 1.54) is 11.3 Å². The van der Waals surface area contributed by atoms with Gasteiger partial charge in [-0.1, -0.05) is 30.3 Å². The number of thiazole rings is 1. The quantitative estimate of drug-likeness (QED) is 0.890. The number of amides is 2. The summed E-state index contributed by atoms with van der Waals surface area (Å²) in [5.41, 5.74) is 1.31. The van der Waals surface area contributed by atoms with Gasteiger partial charge >= 0.3 is 0 Å². The van der Waals surface area contributed by atoms with Gasteiger partial charge < -0.3 is 10.6 Å². The minimum atomic E-state index is -0.266. The molecule has 22 heavy (non-hydrogen) atoms. The van der Waals surface area contributed by atoms with Crippen molar-refractivity contribution in [2.45, 2.75) is 31.8 Å².